The highest BCUT2D eigenvalue weighted by atomic mass is 35.5. The Morgan fingerprint density at radius 2 is 2.00 bits per heavy atom. The van der Waals surface area contributed by atoms with Crippen molar-refractivity contribution in [2.75, 3.05) is 6.61 Å². The average Bonchev–Trinajstić information content (AvgIpc) is 2.37. The van der Waals surface area contributed by atoms with E-state index in [4.69, 9.17) is 21.4 Å². The third-order valence-electron chi connectivity index (χ3n) is 2.76. The number of amides is 1. The maximum absolute atomic E-state index is 12.0. The molecule has 1 atom stereocenters. The number of halogens is 1. The van der Waals surface area contributed by atoms with Crippen molar-refractivity contribution in [2.45, 2.75) is 26.8 Å². The molecule has 1 aromatic rings. The van der Waals surface area contributed by atoms with Crippen LogP contribution >= 0.6 is 11.6 Å². The van der Waals surface area contributed by atoms with E-state index in [-0.39, 0.29) is 12.5 Å². The van der Waals surface area contributed by atoms with E-state index in [9.17, 15) is 9.59 Å². The number of carboxylic acids is 1. The van der Waals surface area contributed by atoms with Gasteiger partial charge >= 0.3 is 5.97 Å². The van der Waals surface area contributed by atoms with Gasteiger partial charge in [0.1, 0.15) is 18.4 Å². The highest BCUT2D eigenvalue weighted by molar-refractivity contribution is 6.32. The lowest BCUT2D eigenvalue weighted by atomic mass is 9.93. The smallest absolute Gasteiger partial charge is 0.325 e. The van der Waals surface area contributed by atoms with Gasteiger partial charge in [0, 0.05) is 0 Å². The molecular weight excluding hydrogens is 282 g/mol. The van der Waals surface area contributed by atoms with Gasteiger partial charge in [0.2, 0.25) is 5.91 Å². The molecule has 0 heterocycles. The van der Waals surface area contributed by atoms with Crippen molar-refractivity contribution in [1.29, 1.82) is 0 Å². The number of aliphatic carboxylic acids is 1. The van der Waals surface area contributed by atoms with Gasteiger partial charge in [-0.2, -0.15) is 0 Å². The minimum atomic E-state index is -1.08. The summed E-state index contributed by atoms with van der Waals surface area (Å²) in [7, 11) is 0. The topological polar surface area (TPSA) is 75.6 Å². The van der Waals surface area contributed by atoms with Crippen LogP contribution in [0.4, 0.5) is 0 Å². The van der Waals surface area contributed by atoms with Crippen molar-refractivity contribution in [2.24, 2.45) is 5.41 Å². The molecule has 0 spiro atoms. The maximum Gasteiger partial charge on any atom is 0.325 e. The van der Waals surface area contributed by atoms with Gasteiger partial charge in [0.05, 0.1) is 10.4 Å². The van der Waals surface area contributed by atoms with Gasteiger partial charge in [-0.05, 0) is 32.9 Å². The van der Waals surface area contributed by atoms with Crippen molar-refractivity contribution >= 4 is 23.5 Å². The highest BCUT2D eigenvalue weighted by Crippen LogP contribution is 2.26. The lowest BCUT2D eigenvalue weighted by molar-refractivity contribution is -0.143. The minimum absolute atomic E-state index is 0.0922. The van der Waals surface area contributed by atoms with E-state index in [1.54, 1.807) is 38.1 Å². The molecule has 0 bridgehead atoms. The van der Waals surface area contributed by atoms with Crippen LogP contribution in [0, 0.1) is 5.41 Å². The fourth-order valence-electron chi connectivity index (χ4n) is 1.34. The molecule has 0 radical (unpaired) electrons. The Bertz CT molecular complexity index is 502. The summed E-state index contributed by atoms with van der Waals surface area (Å²) in [6, 6.07) is 6.01. The number of ether oxygens (including phenoxy) is 1. The van der Waals surface area contributed by atoms with E-state index in [1.807, 2.05) is 0 Å². The second kappa shape index (κ2) is 6.61. The van der Waals surface area contributed by atoms with Crippen LogP contribution in [0.3, 0.4) is 0 Å². The van der Waals surface area contributed by atoms with Crippen LogP contribution in [-0.4, -0.2) is 29.6 Å². The molecule has 0 aromatic heterocycles. The molecule has 1 aromatic carbocycles. The van der Waals surface area contributed by atoms with Crippen LogP contribution in [0.5, 0.6) is 5.75 Å². The largest absolute Gasteiger partial charge is 0.491 e. The molecule has 0 fully saturated rings. The number of nitrogens with one attached hydrogen (secondary N) is 1. The van der Waals surface area contributed by atoms with Crippen molar-refractivity contribution in [3.63, 3.8) is 0 Å². The fourth-order valence-corrected chi connectivity index (χ4v) is 1.53. The second-order valence-electron chi connectivity index (χ2n) is 5.14. The fraction of sp³-hybridized carbons (Fsp3) is 0.429. The van der Waals surface area contributed by atoms with E-state index in [0.717, 1.165) is 0 Å². The molecule has 20 heavy (non-hydrogen) atoms. The summed E-state index contributed by atoms with van der Waals surface area (Å²) in [4.78, 5) is 22.7. The molecule has 1 unspecified atom stereocenters. The Morgan fingerprint density at radius 3 is 2.55 bits per heavy atom. The first-order valence-electron chi connectivity index (χ1n) is 6.15. The van der Waals surface area contributed by atoms with Gasteiger partial charge in [0.15, 0.2) is 0 Å². The summed E-state index contributed by atoms with van der Waals surface area (Å²) in [5.74, 6) is -0.984. The zero-order valence-electron chi connectivity index (χ0n) is 11.6. The number of hydrogen-bond donors (Lipinski definition) is 2. The third kappa shape index (κ3) is 4.42. The van der Waals surface area contributed by atoms with Gasteiger partial charge in [0.25, 0.3) is 0 Å². The molecule has 5 nitrogen and oxygen atoms in total. The zero-order valence-corrected chi connectivity index (χ0v) is 12.4. The number of hydrogen-bond acceptors (Lipinski definition) is 3. The van der Waals surface area contributed by atoms with Crippen molar-refractivity contribution in [3.8, 4) is 5.75 Å². The van der Waals surface area contributed by atoms with E-state index < -0.39 is 17.4 Å². The normalized spacial score (nSPS) is 12.6. The Hall–Kier alpha value is -1.75. The predicted octanol–water partition coefficient (Wildman–Crippen LogP) is 2.33. The molecule has 0 aliphatic heterocycles. The highest BCUT2D eigenvalue weighted by Gasteiger charge is 2.31. The van der Waals surface area contributed by atoms with Crippen LogP contribution in [0.15, 0.2) is 24.3 Å². The second-order valence-corrected chi connectivity index (χ2v) is 5.54. The molecule has 0 saturated carbocycles. The first-order valence-corrected chi connectivity index (χ1v) is 6.53. The van der Waals surface area contributed by atoms with Crippen LogP contribution in [0.25, 0.3) is 0 Å². The number of carboxylic acid groups (broad SMARTS) is 1. The monoisotopic (exact) mass is 299 g/mol. The molecule has 1 amide bonds. The van der Waals surface area contributed by atoms with Crippen LogP contribution in [-0.2, 0) is 9.59 Å². The molecule has 110 valence electrons. The Morgan fingerprint density at radius 1 is 1.40 bits per heavy atom. The zero-order chi connectivity index (χ0) is 15.3. The average molecular weight is 300 g/mol. The number of carbonyl (C=O) groups is 2. The lowest BCUT2D eigenvalue weighted by Gasteiger charge is -2.25. The first kappa shape index (κ1) is 16.3. The predicted molar refractivity (Wildman–Crippen MR) is 76.0 cm³/mol. The Labute approximate surface area is 122 Å². The quantitative estimate of drug-likeness (QED) is 0.845. The standard InChI is InChI=1S/C14H18ClNO4/c1-9(12(17)18)16-13(19)14(2,3)8-20-11-7-5-4-6-10(11)15/h4-7,9H,8H2,1-3H3,(H,16,19)(H,17,18). The lowest BCUT2D eigenvalue weighted by Crippen LogP contribution is -2.47. The van der Waals surface area contributed by atoms with Gasteiger partial charge in [-0.1, -0.05) is 23.7 Å². The summed E-state index contributed by atoms with van der Waals surface area (Å²) in [5, 5.41) is 11.7. The van der Waals surface area contributed by atoms with E-state index in [0.29, 0.717) is 10.8 Å². The van der Waals surface area contributed by atoms with Crippen LogP contribution in [0.2, 0.25) is 5.02 Å². The number of carbonyl (C=O) groups excluding carboxylic acids is 1. The van der Waals surface area contributed by atoms with Crippen LogP contribution < -0.4 is 10.1 Å². The third-order valence-corrected chi connectivity index (χ3v) is 3.07. The van der Waals surface area contributed by atoms with Gasteiger partial charge in [-0.25, -0.2) is 0 Å². The molecule has 0 saturated heterocycles. The number of benzene rings is 1. The maximum atomic E-state index is 12.0. The number of para-hydroxylation sites is 1. The summed E-state index contributed by atoms with van der Waals surface area (Å²) >= 11 is 5.96. The molecular formula is C14H18ClNO4. The summed E-state index contributed by atoms with van der Waals surface area (Å²) in [6.07, 6.45) is 0. The molecule has 0 aliphatic carbocycles. The van der Waals surface area contributed by atoms with Gasteiger partial charge in [-0.15, -0.1) is 0 Å². The van der Waals surface area contributed by atoms with Crippen molar-refractivity contribution in [1.82, 2.24) is 5.32 Å². The van der Waals surface area contributed by atoms with E-state index in [2.05, 4.69) is 5.32 Å². The molecule has 0 aliphatic rings. The van der Waals surface area contributed by atoms with Crippen molar-refractivity contribution in [3.05, 3.63) is 29.3 Å². The Balaban J connectivity index is 2.63. The summed E-state index contributed by atoms with van der Waals surface area (Å²) in [5.41, 5.74) is -0.872. The number of rotatable bonds is 6. The Kier molecular flexibility index (Phi) is 5.39. The van der Waals surface area contributed by atoms with Gasteiger partial charge < -0.3 is 15.2 Å². The SMILES string of the molecule is CC(NC(=O)C(C)(C)COc1ccccc1Cl)C(=O)O. The molecule has 2 N–H and O–H groups in total. The van der Waals surface area contributed by atoms with Crippen LogP contribution in [0.1, 0.15) is 20.8 Å². The first-order chi connectivity index (χ1) is 9.24. The summed E-state index contributed by atoms with van der Waals surface area (Å²) < 4.78 is 5.52. The molecule has 6 heteroatoms. The minimum Gasteiger partial charge on any atom is -0.491 e. The van der Waals surface area contributed by atoms with E-state index >= 15 is 0 Å². The molecule has 1 rings (SSSR count). The van der Waals surface area contributed by atoms with Crippen molar-refractivity contribution < 1.29 is 19.4 Å². The van der Waals surface area contributed by atoms with E-state index in [1.165, 1.54) is 6.92 Å². The summed E-state index contributed by atoms with van der Waals surface area (Å²) in [6.45, 7) is 4.85. The van der Waals surface area contributed by atoms with Gasteiger partial charge in [-0.3, -0.25) is 9.59 Å².